The second kappa shape index (κ2) is 8.20. The fraction of sp³-hybridized carbons (Fsp3) is 0.318. The summed E-state index contributed by atoms with van der Waals surface area (Å²) in [6.45, 7) is 2.68. The van der Waals surface area contributed by atoms with Crippen molar-refractivity contribution in [1.29, 1.82) is 0 Å². The highest BCUT2D eigenvalue weighted by Gasteiger charge is 2.26. The largest absolute Gasteiger partial charge is 0.396 e. The third kappa shape index (κ3) is 4.11. The number of nitrogens with zero attached hydrogens (tertiary/aromatic N) is 2. The summed E-state index contributed by atoms with van der Waals surface area (Å²) < 4.78 is 39.8. The maximum absolute atomic E-state index is 14.0. The second-order valence-electron chi connectivity index (χ2n) is 7.58. The summed E-state index contributed by atoms with van der Waals surface area (Å²) in [5.41, 5.74) is 8.27. The Hall–Kier alpha value is -2.71. The quantitative estimate of drug-likeness (QED) is 0.603. The van der Waals surface area contributed by atoms with E-state index in [2.05, 4.69) is 10.3 Å². The first-order valence-electron chi connectivity index (χ1n) is 10.0. The van der Waals surface area contributed by atoms with Crippen molar-refractivity contribution in [3.05, 3.63) is 54.6 Å². The number of fused-ring (bicyclic) bond motifs is 1. The van der Waals surface area contributed by atoms with Crippen molar-refractivity contribution in [3.63, 3.8) is 0 Å². The summed E-state index contributed by atoms with van der Waals surface area (Å²) in [5, 5.41) is 5.54. The van der Waals surface area contributed by atoms with Crippen molar-refractivity contribution >= 4 is 32.2 Å². The molecule has 1 aliphatic rings. The third-order valence-corrected chi connectivity index (χ3v) is 7.54. The van der Waals surface area contributed by atoms with Crippen LogP contribution in [0.4, 0.5) is 15.8 Å². The molecule has 2 aromatic carbocycles. The number of halogens is 1. The molecule has 1 fully saturated rings. The molecule has 1 saturated heterocycles. The van der Waals surface area contributed by atoms with Crippen LogP contribution in [-0.4, -0.2) is 42.6 Å². The molecule has 3 aromatic rings. The number of benzene rings is 2. The Kier molecular flexibility index (Phi) is 5.62. The van der Waals surface area contributed by atoms with Gasteiger partial charge in [0, 0.05) is 42.6 Å². The van der Waals surface area contributed by atoms with E-state index in [4.69, 9.17) is 5.73 Å². The number of nitrogen functional groups attached to an aromatic ring is 1. The maximum atomic E-state index is 14.0. The lowest BCUT2D eigenvalue weighted by Gasteiger charge is -2.32. The van der Waals surface area contributed by atoms with E-state index in [1.165, 1.54) is 6.07 Å². The highest BCUT2D eigenvalue weighted by atomic mass is 32.2. The maximum Gasteiger partial charge on any atom is 0.213 e. The number of sulfonamides is 1. The Morgan fingerprint density at radius 1 is 1.17 bits per heavy atom. The van der Waals surface area contributed by atoms with Gasteiger partial charge in [-0.25, -0.2) is 17.1 Å². The fourth-order valence-electron chi connectivity index (χ4n) is 3.87. The first-order valence-corrected chi connectivity index (χ1v) is 11.7. The summed E-state index contributed by atoms with van der Waals surface area (Å²) in [6, 6.07) is 10.9. The number of pyridine rings is 1. The zero-order valence-corrected chi connectivity index (χ0v) is 17.6. The monoisotopic (exact) mass is 428 g/mol. The van der Waals surface area contributed by atoms with Crippen molar-refractivity contribution < 1.29 is 12.8 Å². The Morgan fingerprint density at radius 2 is 1.93 bits per heavy atom. The number of aromatic nitrogens is 1. The minimum Gasteiger partial charge on any atom is -0.396 e. The normalized spacial score (nSPS) is 16.1. The lowest BCUT2D eigenvalue weighted by molar-refractivity contribution is 0.330. The Balaban J connectivity index is 1.63. The molecule has 0 radical (unpaired) electrons. The Bertz CT molecular complexity index is 1170. The minimum absolute atomic E-state index is 0.121. The molecule has 0 atom stereocenters. The number of hydrogen-bond donors (Lipinski definition) is 2. The predicted octanol–water partition coefficient (Wildman–Crippen LogP) is 3.85. The molecule has 0 saturated carbocycles. The van der Waals surface area contributed by atoms with Gasteiger partial charge in [0.25, 0.3) is 0 Å². The van der Waals surface area contributed by atoms with Crippen LogP contribution in [-0.2, 0) is 10.0 Å². The van der Waals surface area contributed by atoms with Gasteiger partial charge in [0.2, 0.25) is 10.0 Å². The van der Waals surface area contributed by atoms with Crippen LogP contribution in [0.25, 0.3) is 21.9 Å². The standard InChI is InChI=1S/C22H25FN4O2S/c1-2-30(28,29)27-9-6-18(7-10-27)26-22-13-17(11-16-5-8-25-14-19(16)22)15-3-4-21(24)20(23)12-15/h3-5,8,11-14,18,26H,2,6-7,9-10,24H2,1H3. The minimum atomic E-state index is -3.15. The number of nitrogens with one attached hydrogen (secondary N) is 1. The molecule has 0 amide bonds. The van der Waals surface area contributed by atoms with Crippen LogP contribution in [0.2, 0.25) is 0 Å². The van der Waals surface area contributed by atoms with Gasteiger partial charge in [-0.05, 0) is 66.6 Å². The molecule has 0 aliphatic carbocycles. The van der Waals surface area contributed by atoms with Gasteiger partial charge in [-0.15, -0.1) is 0 Å². The van der Waals surface area contributed by atoms with E-state index in [1.54, 1.807) is 29.6 Å². The van der Waals surface area contributed by atoms with E-state index in [9.17, 15) is 12.8 Å². The summed E-state index contributed by atoms with van der Waals surface area (Å²) in [6.07, 6.45) is 4.98. The van der Waals surface area contributed by atoms with E-state index >= 15 is 0 Å². The number of nitrogens with two attached hydrogens (primary N) is 1. The van der Waals surface area contributed by atoms with Crippen LogP contribution in [0, 0.1) is 5.82 Å². The molecule has 30 heavy (non-hydrogen) atoms. The topological polar surface area (TPSA) is 88.3 Å². The Labute approximate surface area is 176 Å². The number of hydrogen-bond acceptors (Lipinski definition) is 5. The van der Waals surface area contributed by atoms with Crippen LogP contribution >= 0.6 is 0 Å². The summed E-state index contributed by atoms with van der Waals surface area (Å²) in [7, 11) is -3.15. The Morgan fingerprint density at radius 3 is 2.63 bits per heavy atom. The smallest absolute Gasteiger partial charge is 0.213 e. The van der Waals surface area contributed by atoms with Gasteiger partial charge in [-0.2, -0.15) is 0 Å². The van der Waals surface area contributed by atoms with E-state index in [0.717, 1.165) is 40.4 Å². The number of piperidine rings is 1. The first kappa shape index (κ1) is 20.6. The van der Waals surface area contributed by atoms with Crippen molar-refractivity contribution in [1.82, 2.24) is 9.29 Å². The molecule has 3 N–H and O–H groups in total. The third-order valence-electron chi connectivity index (χ3n) is 5.66. The lowest BCUT2D eigenvalue weighted by atomic mass is 9.99. The van der Waals surface area contributed by atoms with Crippen molar-refractivity contribution in [2.75, 3.05) is 29.9 Å². The summed E-state index contributed by atoms with van der Waals surface area (Å²) in [4.78, 5) is 4.25. The van der Waals surface area contributed by atoms with Gasteiger partial charge < -0.3 is 11.1 Å². The van der Waals surface area contributed by atoms with E-state index < -0.39 is 15.8 Å². The van der Waals surface area contributed by atoms with Gasteiger partial charge in [0.1, 0.15) is 5.82 Å². The molecule has 158 valence electrons. The molecule has 0 bridgehead atoms. The molecule has 2 heterocycles. The summed E-state index contributed by atoms with van der Waals surface area (Å²) >= 11 is 0. The molecule has 0 unspecified atom stereocenters. The van der Waals surface area contributed by atoms with Crippen molar-refractivity contribution in [2.24, 2.45) is 0 Å². The first-order chi connectivity index (χ1) is 14.4. The van der Waals surface area contributed by atoms with Crippen LogP contribution in [0.3, 0.4) is 0 Å². The van der Waals surface area contributed by atoms with E-state index in [-0.39, 0.29) is 17.5 Å². The SMILES string of the molecule is CCS(=O)(=O)N1CCC(Nc2cc(-c3ccc(N)c(F)c3)cc3ccncc23)CC1. The average molecular weight is 429 g/mol. The fourth-order valence-corrected chi connectivity index (χ4v) is 5.00. The van der Waals surface area contributed by atoms with E-state index in [1.807, 2.05) is 24.4 Å². The summed E-state index contributed by atoms with van der Waals surface area (Å²) in [5.74, 6) is -0.317. The molecular formula is C22H25FN4O2S. The van der Waals surface area contributed by atoms with E-state index in [0.29, 0.717) is 13.1 Å². The average Bonchev–Trinajstić information content (AvgIpc) is 2.76. The molecular weight excluding hydrogens is 403 g/mol. The molecule has 6 nitrogen and oxygen atoms in total. The van der Waals surface area contributed by atoms with Crippen LogP contribution in [0.5, 0.6) is 0 Å². The molecule has 1 aromatic heterocycles. The highest BCUT2D eigenvalue weighted by Crippen LogP contribution is 2.33. The molecule has 0 spiro atoms. The molecule has 4 rings (SSSR count). The number of rotatable bonds is 5. The van der Waals surface area contributed by atoms with Crippen molar-refractivity contribution in [2.45, 2.75) is 25.8 Å². The molecule has 1 aliphatic heterocycles. The van der Waals surface area contributed by atoms with Gasteiger partial charge in [-0.1, -0.05) is 6.07 Å². The van der Waals surface area contributed by atoms with Gasteiger partial charge in [0.15, 0.2) is 0 Å². The zero-order valence-electron chi connectivity index (χ0n) is 16.8. The van der Waals surface area contributed by atoms with Crippen molar-refractivity contribution in [3.8, 4) is 11.1 Å². The van der Waals surface area contributed by atoms with Gasteiger partial charge in [0.05, 0.1) is 11.4 Å². The van der Waals surface area contributed by atoms with Crippen LogP contribution < -0.4 is 11.1 Å². The van der Waals surface area contributed by atoms with Crippen LogP contribution in [0.1, 0.15) is 19.8 Å². The van der Waals surface area contributed by atoms with Crippen LogP contribution in [0.15, 0.2) is 48.8 Å². The predicted molar refractivity (Wildman–Crippen MR) is 119 cm³/mol. The number of anilines is 2. The zero-order chi connectivity index (χ0) is 21.3. The highest BCUT2D eigenvalue weighted by molar-refractivity contribution is 7.89. The lowest BCUT2D eigenvalue weighted by Crippen LogP contribution is -2.42. The van der Waals surface area contributed by atoms with Gasteiger partial charge in [-0.3, -0.25) is 4.98 Å². The van der Waals surface area contributed by atoms with Gasteiger partial charge >= 0.3 is 0 Å². The molecule has 8 heteroatoms. The second-order valence-corrected chi connectivity index (χ2v) is 9.83.